The maximum atomic E-state index is 10.8. The Morgan fingerprint density at radius 3 is 2.75 bits per heavy atom. The molecule has 2 saturated carbocycles. The van der Waals surface area contributed by atoms with Crippen LogP contribution in [0.15, 0.2) is 5.38 Å². The van der Waals surface area contributed by atoms with Gasteiger partial charge in [0.05, 0.1) is 16.1 Å². The van der Waals surface area contributed by atoms with Crippen LogP contribution in [0.5, 0.6) is 0 Å². The molecule has 86 valence electrons. The lowest BCUT2D eigenvalue weighted by Crippen LogP contribution is -2.34. The molecule has 0 aliphatic heterocycles. The van der Waals surface area contributed by atoms with Gasteiger partial charge in [0.2, 0.25) is 0 Å². The zero-order valence-electron chi connectivity index (χ0n) is 8.72. The van der Waals surface area contributed by atoms with E-state index in [1.165, 1.54) is 12.8 Å². The minimum absolute atomic E-state index is 0.588. The van der Waals surface area contributed by atoms with Crippen molar-refractivity contribution in [3.8, 4) is 0 Å². The number of carbonyl (C=O) groups is 1. The molecular formula is C11H13NO3S. The standard InChI is InChI=1S/C11H13NO3S/c13-8(10(14)15)11(3-4-11)7-5-16-9(12-7)6-1-2-6/h5-6,8,13H,1-4H2,(H,14,15). The van der Waals surface area contributed by atoms with Crippen LogP contribution in [0.3, 0.4) is 0 Å². The molecule has 0 radical (unpaired) electrons. The Morgan fingerprint density at radius 2 is 2.25 bits per heavy atom. The first-order valence-electron chi connectivity index (χ1n) is 5.50. The molecule has 0 saturated heterocycles. The van der Waals surface area contributed by atoms with Crippen LogP contribution in [-0.2, 0) is 10.2 Å². The third-order valence-electron chi connectivity index (χ3n) is 3.50. The summed E-state index contributed by atoms with van der Waals surface area (Å²) in [5, 5.41) is 21.6. The van der Waals surface area contributed by atoms with Crippen molar-refractivity contribution < 1.29 is 15.0 Å². The van der Waals surface area contributed by atoms with Gasteiger partial charge in [0.1, 0.15) is 0 Å². The van der Waals surface area contributed by atoms with Crippen LogP contribution in [0.4, 0.5) is 0 Å². The quantitative estimate of drug-likeness (QED) is 0.835. The third kappa shape index (κ3) is 1.46. The predicted molar refractivity (Wildman–Crippen MR) is 58.6 cm³/mol. The maximum absolute atomic E-state index is 10.8. The zero-order chi connectivity index (χ0) is 11.3. The summed E-state index contributed by atoms with van der Waals surface area (Å²) < 4.78 is 0. The van der Waals surface area contributed by atoms with Gasteiger partial charge >= 0.3 is 5.97 Å². The fourth-order valence-corrected chi connectivity index (χ4v) is 3.17. The molecule has 2 N–H and O–H groups in total. The highest BCUT2D eigenvalue weighted by atomic mass is 32.1. The van der Waals surface area contributed by atoms with Gasteiger partial charge in [-0.15, -0.1) is 11.3 Å². The predicted octanol–water partition coefficient (Wildman–Crippen LogP) is 1.50. The Morgan fingerprint density at radius 1 is 1.56 bits per heavy atom. The number of aliphatic carboxylic acids is 1. The van der Waals surface area contributed by atoms with Gasteiger partial charge in [-0.1, -0.05) is 0 Å². The molecule has 5 heteroatoms. The van der Waals surface area contributed by atoms with E-state index in [0.29, 0.717) is 5.92 Å². The number of carboxylic acid groups (broad SMARTS) is 1. The van der Waals surface area contributed by atoms with Crippen molar-refractivity contribution in [1.82, 2.24) is 4.98 Å². The Labute approximate surface area is 96.9 Å². The molecule has 4 nitrogen and oxygen atoms in total. The number of nitrogens with zero attached hydrogens (tertiary/aromatic N) is 1. The second-order valence-corrected chi connectivity index (χ2v) is 5.63. The zero-order valence-corrected chi connectivity index (χ0v) is 9.54. The van der Waals surface area contributed by atoms with Gasteiger partial charge < -0.3 is 10.2 Å². The minimum atomic E-state index is -1.30. The first-order chi connectivity index (χ1) is 7.63. The average Bonchev–Trinajstić information content (AvgIpc) is 3.18. The number of thiazole rings is 1. The highest BCUT2D eigenvalue weighted by Crippen LogP contribution is 2.52. The number of rotatable bonds is 4. The fourth-order valence-electron chi connectivity index (χ4n) is 2.07. The van der Waals surface area contributed by atoms with E-state index < -0.39 is 17.5 Å². The lowest BCUT2D eigenvalue weighted by Gasteiger charge is -2.15. The van der Waals surface area contributed by atoms with Crippen LogP contribution in [0, 0.1) is 0 Å². The molecule has 0 amide bonds. The van der Waals surface area contributed by atoms with E-state index in [2.05, 4.69) is 4.98 Å². The first-order valence-corrected chi connectivity index (χ1v) is 6.38. The molecule has 0 bridgehead atoms. The van der Waals surface area contributed by atoms with Gasteiger partial charge in [-0.3, -0.25) is 0 Å². The highest BCUT2D eigenvalue weighted by Gasteiger charge is 2.55. The molecule has 1 unspecified atom stereocenters. The summed E-state index contributed by atoms with van der Waals surface area (Å²) in [4.78, 5) is 15.3. The van der Waals surface area contributed by atoms with Crippen LogP contribution in [0.1, 0.15) is 42.3 Å². The molecule has 2 fully saturated rings. The summed E-state index contributed by atoms with van der Waals surface area (Å²) in [6.45, 7) is 0. The van der Waals surface area contributed by atoms with Crippen molar-refractivity contribution in [1.29, 1.82) is 0 Å². The smallest absolute Gasteiger partial charge is 0.333 e. The second-order valence-electron chi connectivity index (χ2n) is 4.74. The fraction of sp³-hybridized carbons (Fsp3) is 0.636. The molecule has 1 aromatic rings. The molecule has 0 aromatic carbocycles. The topological polar surface area (TPSA) is 70.4 Å². The first kappa shape index (κ1) is 10.2. The van der Waals surface area contributed by atoms with Crippen LogP contribution in [0.2, 0.25) is 0 Å². The van der Waals surface area contributed by atoms with Crippen molar-refractivity contribution in [2.24, 2.45) is 0 Å². The van der Waals surface area contributed by atoms with E-state index >= 15 is 0 Å². The number of aliphatic hydroxyl groups excluding tert-OH is 1. The SMILES string of the molecule is O=C(O)C(O)C1(c2csc(C3CC3)n2)CC1. The van der Waals surface area contributed by atoms with Crippen LogP contribution in [-0.4, -0.2) is 27.3 Å². The molecule has 0 spiro atoms. The number of hydrogen-bond acceptors (Lipinski definition) is 4. The number of aliphatic hydroxyl groups is 1. The number of carboxylic acids is 1. The van der Waals surface area contributed by atoms with Crippen molar-refractivity contribution in [3.05, 3.63) is 16.1 Å². The summed E-state index contributed by atoms with van der Waals surface area (Å²) in [5.74, 6) is -0.546. The third-order valence-corrected chi connectivity index (χ3v) is 4.51. The normalized spacial score (nSPS) is 24.1. The van der Waals surface area contributed by atoms with Gasteiger partial charge in [0, 0.05) is 11.3 Å². The minimum Gasteiger partial charge on any atom is -0.479 e. The Kier molecular flexibility index (Phi) is 2.09. The van der Waals surface area contributed by atoms with Gasteiger partial charge in [-0.05, 0) is 25.7 Å². The summed E-state index contributed by atoms with van der Waals surface area (Å²) in [5.41, 5.74) is 0.199. The summed E-state index contributed by atoms with van der Waals surface area (Å²) in [7, 11) is 0. The second kappa shape index (κ2) is 3.28. The van der Waals surface area contributed by atoms with Crippen molar-refractivity contribution in [2.45, 2.75) is 43.1 Å². The van der Waals surface area contributed by atoms with Crippen molar-refractivity contribution in [3.63, 3.8) is 0 Å². The van der Waals surface area contributed by atoms with E-state index in [1.807, 2.05) is 5.38 Å². The molecule has 1 atom stereocenters. The van der Waals surface area contributed by atoms with Gasteiger partial charge in [-0.2, -0.15) is 0 Å². The van der Waals surface area contributed by atoms with Crippen molar-refractivity contribution >= 4 is 17.3 Å². The van der Waals surface area contributed by atoms with Gasteiger partial charge in [0.25, 0.3) is 0 Å². The van der Waals surface area contributed by atoms with Crippen LogP contribution >= 0.6 is 11.3 Å². The molecule has 16 heavy (non-hydrogen) atoms. The van der Waals surface area contributed by atoms with Gasteiger partial charge in [-0.25, -0.2) is 9.78 Å². The van der Waals surface area contributed by atoms with E-state index in [1.54, 1.807) is 11.3 Å². The maximum Gasteiger partial charge on any atom is 0.333 e. The van der Waals surface area contributed by atoms with E-state index in [0.717, 1.165) is 23.5 Å². The number of hydrogen-bond donors (Lipinski definition) is 2. The molecule has 1 aromatic heterocycles. The number of aromatic nitrogens is 1. The summed E-state index contributed by atoms with van der Waals surface area (Å²) in [6, 6.07) is 0. The molecule has 1 heterocycles. The Bertz CT molecular complexity index is 434. The summed E-state index contributed by atoms with van der Waals surface area (Å²) in [6.07, 6.45) is 2.55. The van der Waals surface area contributed by atoms with E-state index in [9.17, 15) is 9.90 Å². The Hall–Kier alpha value is -0.940. The molecular weight excluding hydrogens is 226 g/mol. The van der Waals surface area contributed by atoms with Crippen LogP contribution in [0.25, 0.3) is 0 Å². The average molecular weight is 239 g/mol. The lowest BCUT2D eigenvalue weighted by molar-refractivity contribution is -0.148. The monoisotopic (exact) mass is 239 g/mol. The van der Waals surface area contributed by atoms with E-state index in [-0.39, 0.29) is 0 Å². The highest BCUT2D eigenvalue weighted by molar-refractivity contribution is 7.09. The van der Waals surface area contributed by atoms with E-state index in [4.69, 9.17) is 5.11 Å². The molecule has 2 aliphatic carbocycles. The molecule has 3 rings (SSSR count). The van der Waals surface area contributed by atoms with Crippen molar-refractivity contribution in [2.75, 3.05) is 0 Å². The lowest BCUT2D eigenvalue weighted by atomic mass is 9.96. The van der Waals surface area contributed by atoms with Gasteiger partial charge in [0.15, 0.2) is 6.10 Å². The molecule has 2 aliphatic rings. The Balaban J connectivity index is 1.87. The summed E-state index contributed by atoms with van der Waals surface area (Å²) >= 11 is 1.60. The van der Waals surface area contributed by atoms with Crippen LogP contribution < -0.4 is 0 Å². The largest absolute Gasteiger partial charge is 0.479 e.